The number of rotatable bonds is 7. The number of guanidine groups is 1. The second-order valence-corrected chi connectivity index (χ2v) is 6.57. The normalized spacial score (nSPS) is 11.3. The fourth-order valence-corrected chi connectivity index (χ4v) is 2.86. The molecule has 0 spiro atoms. The molecule has 6 heteroatoms. The quantitative estimate of drug-likeness (QED) is 0.376. The van der Waals surface area contributed by atoms with Crippen LogP contribution in [0.4, 0.5) is 5.82 Å². The Hall–Kier alpha value is -3.28. The zero-order chi connectivity index (χ0) is 19.8. The van der Waals surface area contributed by atoms with E-state index in [1.807, 2.05) is 67.5 Å². The van der Waals surface area contributed by atoms with Crippen molar-refractivity contribution in [3.63, 3.8) is 0 Å². The van der Waals surface area contributed by atoms with Gasteiger partial charge in [-0.3, -0.25) is 4.99 Å². The Balaban J connectivity index is 1.59. The van der Waals surface area contributed by atoms with Gasteiger partial charge in [0.05, 0.1) is 12.1 Å². The summed E-state index contributed by atoms with van der Waals surface area (Å²) in [6.45, 7) is 1.88. The van der Waals surface area contributed by atoms with Crippen LogP contribution in [0.2, 0.25) is 0 Å². The highest BCUT2D eigenvalue weighted by Crippen LogP contribution is 2.21. The minimum Gasteiger partial charge on any atom is -0.492 e. The molecule has 1 heterocycles. The zero-order valence-electron chi connectivity index (χ0n) is 16.6. The summed E-state index contributed by atoms with van der Waals surface area (Å²) < 4.78 is 5.70. The number of nitrogens with one attached hydrogen (secondary N) is 2. The summed E-state index contributed by atoms with van der Waals surface area (Å²) in [5.74, 6) is 2.55. The molecule has 0 amide bonds. The third-order valence-corrected chi connectivity index (χ3v) is 4.32. The smallest absolute Gasteiger partial charge is 0.191 e. The molecule has 0 fully saturated rings. The Labute approximate surface area is 166 Å². The first kappa shape index (κ1) is 19.5. The summed E-state index contributed by atoms with van der Waals surface area (Å²) >= 11 is 0. The number of anilines is 1. The van der Waals surface area contributed by atoms with Crippen molar-refractivity contribution in [1.29, 1.82) is 0 Å². The van der Waals surface area contributed by atoms with Gasteiger partial charge in [-0.05, 0) is 29.8 Å². The van der Waals surface area contributed by atoms with Gasteiger partial charge in [0.1, 0.15) is 18.2 Å². The Morgan fingerprint density at radius 3 is 2.54 bits per heavy atom. The summed E-state index contributed by atoms with van der Waals surface area (Å²) in [6.07, 6.45) is 0. The molecule has 1 aromatic heterocycles. The van der Waals surface area contributed by atoms with Gasteiger partial charge < -0.3 is 20.3 Å². The van der Waals surface area contributed by atoms with Gasteiger partial charge in [-0.1, -0.05) is 36.4 Å². The van der Waals surface area contributed by atoms with E-state index in [-0.39, 0.29) is 0 Å². The van der Waals surface area contributed by atoms with Gasteiger partial charge >= 0.3 is 0 Å². The fourth-order valence-electron chi connectivity index (χ4n) is 2.86. The first-order valence-corrected chi connectivity index (χ1v) is 9.35. The van der Waals surface area contributed by atoms with Crippen molar-refractivity contribution >= 4 is 22.7 Å². The van der Waals surface area contributed by atoms with E-state index >= 15 is 0 Å². The van der Waals surface area contributed by atoms with Gasteiger partial charge in [0.2, 0.25) is 0 Å². The summed E-state index contributed by atoms with van der Waals surface area (Å²) in [4.78, 5) is 11.0. The number of aliphatic imine (C=N–C) groups is 1. The Kier molecular flexibility index (Phi) is 6.68. The van der Waals surface area contributed by atoms with E-state index in [4.69, 9.17) is 9.72 Å². The minimum absolute atomic E-state index is 0.563. The third kappa shape index (κ3) is 5.13. The van der Waals surface area contributed by atoms with Crippen LogP contribution in [0.3, 0.4) is 0 Å². The van der Waals surface area contributed by atoms with E-state index in [0.717, 1.165) is 28.4 Å². The second kappa shape index (κ2) is 9.60. The van der Waals surface area contributed by atoms with Crippen molar-refractivity contribution < 1.29 is 4.74 Å². The maximum atomic E-state index is 5.70. The first-order valence-electron chi connectivity index (χ1n) is 9.35. The molecule has 28 heavy (non-hydrogen) atoms. The molecule has 146 valence electrons. The van der Waals surface area contributed by atoms with Gasteiger partial charge in [-0.15, -0.1) is 0 Å². The average Bonchev–Trinajstić information content (AvgIpc) is 2.73. The summed E-state index contributed by atoms with van der Waals surface area (Å²) in [5, 5.41) is 7.81. The number of ether oxygens (including phenoxy) is 1. The molecule has 0 saturated carbocycles. The van der Waals surface area contributed by atoms with Crippen LogP contribution in [0.5, 0.6) is 5.75 Å². The molecule has 3 rings (SSSR count). The Bertz CT molecular complexity index is 925. The average molecular weight is 377 g/mol. The summed E-state index contributed by atoms with van der Waals surface area (Å²) in [7, 11) is 5.77. The molecule has 0 atom stereocenters. The molecular weight excluding hydrogens is 350 g/mol. The number of hydrogen-bond donors (Lipinski definition) is 2. The van der Waals surface area contributed by atoms with Crippen LogP contribution in [0.15, 0.2) is 65.7 Å². The molecule has 0 aliphatic heterocycles. The Morgan fingerprint density at radius 2 is 1.79 bits per heavy atom. The fraction of sp³-hybridized carbons (Fsp3) is 0.273. The first-order chi connectivity index (χ1) is 13.7. The number of benzene rings is 2. The summed E-state index contributed by atoms with van der Waals surface area (Å²) in [5.41, 5.74) is 2.17. The van der Waals surface area contributed by atoms with Crippen molar-refractivity contribution in [2.24, 2.45) is 4.99 Å². The SMILES string of the molecule is CN=C(NCCOc1ccccc1)NCc1cc(N(C)C)nc2ccccc12. The van der Waals surface area contributed by atoms with Gasteiger partial charge in [-0.25, -0.2) is 4.98 Å². The standard InChI is InChI=1S/C22H27N5O/c1-23-22(24-13-14-28-18-9-5-4-6-10-18)25-16-17-15-21(27(2)3)26-20-12-8-7-11-19(17)20/h4-12,15H,13-14,16H2,1-3H3,(H2,23,24,25). The molecule has 2 aromatic carbocycles. The zero-order valence-corrected chi connectivity index (χ0v) is 16.6. The molecule has 0 aliphatic carbocycles. The van der Waals surface area contributed by atoms with Crippen LogP contribution in [-0.4, -0.2) is 45.2 Å². The highest BCUT2D eigenvalue weighted by molar-refractivity contribution is 5.85. The van der Waals surface area contributed by atoms with Crippen LogP contribution < -0.4 is 20.3 Å². The van der Waals surface area contributed by atoms with Crippen LogP contribution >= 0.6 is 0 Å². The predicted molar refractivity (Wildman–Crippen MR) is 116 cm³/mol. The monoisotopic (exact) mass is 377 g/mol. The highest BCUT2D eigenvalue weighted by atomic mass is 16.5. The maximum Gasteiger partial charge on any atom is 0.191 e. The third-order valence-electron chi connectivity index (χ3n) is 4.32. The lowest BCUT2D eigenvalue weighted by atomic mass is 10.1. The lowest BCUT2D eigenvalue weighted by Gasteiger charge is -2.17. The Morgan fingerprint density at radius 1 is 1.04 bits per heavy atom. The summed E-state index contributed by atoms with van der Waals surface area (Å²) in [6, 6.07) is 20.1. The molecule has 0 radical (unpaired) electrons. The number of pyridine rings is 1. The van der Waals surface area contributed by atoms with Crippen LogP contribution in [-0.2, 0) is 6.54 Å². The maximum absolute atomic E-state index is 5.70. The van der Waals surface area contributed by atoms with E-state index in [0.29, 0.717) is 19.7 Å². The van der Waals surface area contributed by atoms with Gasteiger partial charge in [0.15, 0.2) is 5.96 Å². The lowest BCUT2D eigenvalue weighted by Crippen LogP contribution is -2.39. The molecule has 0 aliphatic rings. The van der Waals surface area contributed by atoms with Crippen LogP contribution in [0, 0.1) is 0 Å². The largest absolute Gasteiger partial charge is 0.492 e. The van der Waals surface area contributed by atoms with Crippen molar-refractivity contribution in [3.05, 3.63) is 66.2 Å². The van der Waals surface area contributed by atoms with Crippen molar-refractivity contribution in [1.82, 2.24) is 15.6 Å². The van der Waals surface area contributed by atoms with Crippen LogP contribution in [0.25, 0.3) is 10.9 Å². The van der Waals surface area contributed by atoms with E-state index in [1.54, 1.807) is 7.05 Å². The number of para-hydroxylation sites is 2. The van der Waals surface area contributed by atoms with Crippen molar-refractivity contribution in [2.75, 3.05) is 39.2 Å². The molecule has 2 N–H and O–H groups in total. The van der Waals surface area contributed by atoms with E-state index in [2.05, 4.69) is 27.8 Å². The van der Waals surface area contributed by atoms with E-state index < -0.39 is 0 Å². The minimum atomic E-state index is 0.563. The van der Waals surface area contributed by atoms with Gasteiger partial charge in [-0.2, -0.15) is 0 Å². The number of fused-ring (bicyclic) bond motifs is 1. The van der Waals surface area contributed by atoms with E-state index in [9.17, 15) is 0 Å². The van der Waals surface area contributed by atoms with Crippen molar-refractivity contribution in [3.8, 4) is 5.75 Å². The molecule has 0 bridgehead atoms. The van der Waals surface area contributed by atoms with Gasteiger partial charge in [0, 0.05) is 33.1 Å². The second-order valence-electron chi connectivity index (χ2n) is 6.57. The highest BCUT2D eigenvalue weighted by Gasteiger charge is 2.08. The van der Waals surface area contributed by atoms with Crippen LogP contribution in [0.1, 0.15) is 5.56 Å². The van der Waals surface area contributed by atoms with E-state index in [1.165, 1.54) is 5.56 Å². The molecule has 0 unspecified atom stereocenters. The number of nitrogens with zero attached hydrogens (tertiary/aromatic N) is 3. The number of aromatic nitrogens is 1. The molecular formula is C22H27N5O. The predicted octanol–water partition coefficient (Wildman–Crippen LogP) is 3.04. The molecule has 3 aromatic rings. The van der Waals surface area contributed by atoms with Gasteiger partial charge in [0.25, 0.3) is 0 Å². The van der Waals surface area contributed by atoms with Crippen molar-refractivity contribution in [2.45, 2.75) is 6.54 Å². The number of hydrogen-bond acceptors (Lipinski definition) is 4. The molecule has 6 nitrogen and oxygen atoms in total. The molecule has 0 saturated heterocycles. The lowest BCUT2D eigenvalue weighted by molar-refractivity contribution is 0.322. The topological polar surface area (TPSA) is 61.8 Å².